The standard InChI is InChI=1S/C18H22N2O5S/c1-10-5-7-11(8-6-10)26(23,24)20-14-12-9-13(15(14)20)19(16(12)21)17(22)25-18(2,3)4/h5-8,12-15H,9H2,1-4H3/t12-,13+,14+,15-,20?/m1/s1. The first-order valence-corrected chi connectivity index (χ1v) is 10.1. The van der Waals surface area contributed by atoms with Gasteiger partial charge in [0.15, 0.2) is 0 Å². The van der Waals surface area contributed by atoms with Crippen LogP contribution in [0.4, 0.5) is 4.79 Å². The molecule has 1 aromatic rings. The van der Waals surface area contributed by atoms with Crippen LogP contribution in [-0.2, 0) is 19.6 Å². The fourth-order valence-electron chi connectivity index (χ4n) is 4.13. The zero-order valence-corrected chi connectivity index (χ0v) is 16.0. The zero-order chi connectivity index (χ0) is 19.0. The number of fused-ring (bicyclic) bond motifs is 5. The molecule has 2 amide bonds. The molecule has 5 atom stereocenters. The van der Waals surface area contributed by atoms with Crippen LogP contribution in [0.25, 0.3) is 0 Å². The van der Waals surface area contributed by atoms with E-state index in [1.165, 1.54) is 4.31 Å². The van der Waals surface area contributed by atoms with E-state index in [9.17, 15) is 18.0 Å². The molecule has 2 heterocycles. The van der Waals surface area contributed by atoms with Crippen LogP contribution in [-0.4, -0.2) is 53.3 Å². The molecule has 4 rings (SSSR count). The predicted octanol–water partition coefficient (Wildman–Crippen LogP) is 1.90. The minimum Gasteiger partial charge on any atom is -0.443 e. The molecule has 0 N–H and O–H groups in total. The average molecular weight is 378 g/mol. The summed E-state index contributed by atoms with van der Waals surface area (Å²) >= 11 is 0. The van der Waals surface area contributed by atoms with Gasteiger partial charge in [0.1, 0.15) is 5.60 Å². The van der Waals surface area contributed by atoms with Crippen LogP contribution in [0.2, 0.25) is 0 Å². The van der Waals surface area contributed by atoms with Crippen LogP contribution in [0.3, 0.4) is 0 Å². The number of likely N-dealkylation sites (tertiary alicyclic amines) is 1. The van der Waals surface area contributed by atoms with Gasteiger partial charge < -0.3 is 4.74 Å². The lowest BCUT2D eigenvalue weighted by atomic mass is 10.1. The SMILES string of the molecule is Cc1ccc(S(=O)(=O)N2[C@@H]3[C@H]2[C@@H]2C[C@H]3C(=O)N2C(=O)OC(C)(C)C)cc1. The molecule has 26 heavy (non-hydrogen) atoms. The lowest BCUT2D eigenvalue weighted by Gasteiger charge is -2.28. The summed E-state index contributed by atoms with van der Waals surface area (Å²) in [6.45, 7) is 7.09. The van der Waals surface area contributed by atoms with Gasteiger partial charge in [0.25, 0.3) is 0 Å². The third-order valence-corrected chi connectivity index (χ3v) is 7.13. The number of carbonyl (C=O) groups excluding carboxylic acids is 2. The molecule has 0 radical (unpaired) electrons. The molecule has 8 heteroatoms. The van der Waals surface area contributed by atoms with Crippen LogP contribution >= 0.6 is 0 Å². The molecule has 1 aromatic carbocycles. The van der Waals surface area contributed by atoms with Crippen molar-refractivity contribution in [3.8, 4) is 0 Å². The fraction of sp³-hybridized carbons (Fsp3) is 0.556. The van der Waals surface area contributed by atoms with Gasteiger partial charge in [0, 0.05) is 0 Å². The molecule has 1 aliphatic carbocycles. The Morgan fingerprint density at radius 1 is 1.15 bits per heavy atom. The van der Waals surface area contributed by atoms with Gasteiger partial charge in [-0.2, -0.15) is 4.31 Å². The summed E-state index contributed by atoms with van der Waals surface area (Å²) in [7, 11) is -3.67. The summed E-state index contributed by atoms with van der Waals surface area (Å²) in [6.07, 6.45) is -0.180. The largest absolute Gasteiger partial charge is 0.443 e. The van der Waals surface area contributed by atoms with Gasteiger partial charge >= 0.3 is 6.09 Å². The van der Waals surface area contributed by atoms with E-state index < -0.39 is 33.7 Å². The highest BCUT2D eigenvalue weighted by Crippen LogP contribution is 2.56. The van der Waals surface area contributed by atoms with E-state index >= 15 is 0 Å². The van der Waals surface area contributed by atoms with Crippen molar-refractivity contribution in [3.05, 3.63) is 29.8 Å². The van der Waals surface area contributed by atoms with Crippen molar-refractivity contribution >= 4 is 22.0 Å². The molecule has 2 saturated heterocycles. The molecular formula is C18H22N2O5S. The highest BCUT2D eigenvalue weighted by atomic mass is 32.2. The zero-order valence-electron chi connectivity index (χ0n) is 15.2. The van der Waals surface area contributed by atoms with Gasteiger partial charge in [0.2, 0.25) is 15.9 Å². The second-order valence-corrected chi connectivity index (χ2v) is 10.1. The predicted molar refractivity (Wildman–Crippen MR) is 92.8 cm³/mol. The van der Waals surface area contributed by atoms with E-state index in [-0.39, 0.29) is 22.9 Å². The Labute approximate surface area is 153 Å². The maximum atomic E-state index is 12.9. The Bertz CT molecular complexity index is 887. The normalized spacial score (nSPS) is 32.5. The lowest BCUT2D eigenvalue weighted by Crippen LogP contribution is -2.47. The highest BCUT2D eigenvalue weighted by molar-refractivity contribution is 7.89. The van der Waals surface area contributed by atoms with E-state index in [0.717, 1.165) is 10.5 Å². The summed E-state index contributed by atoms with van der Waals surface area (Å²) < 4.78 is 32.6. The van der Waals surface area contributed by atoms with Gasteiger partial charge in [-0.15, -0.1) is 0 Å². The van der Waals surface area contributed by atoms with Gasteiger partial charge in [-0.1, -0.05) is 17.7 Å². The average Bonchev–Trinajstić information content (AvgIpc) is 3.05. The van der Waals surface area contributed by atoms with Crippen LogP contribution in [0.5, 0.6) is 0 Å². The van der Waals surface area contributed by atoms with Gasteiger partial charge in [-0.3, -0.25) is 4.79 Å². The van der Waals surface area contributed by atoms with Crippen molar-refractivity contribution in [1.29, 1.82) is 0 Å². The second kappa shape index (κ2) is 5.29. The number of hydrogen-bond acceptors (Lipinski definition) is 5. The van der Waals surface area contributed by atoms with Crippen LogP contribution < -0.4 is 0 Å². The van der Waals surface area contributed by atoms with Crippen LogP contribution in [0, 0.1) is 12.8 Å². The molecule has 3 aliphatic rings. The van der Waals surface area contributed by atoms with E-state index in [0.29, 0.717) is 6.42 Å². The van der Waals surface area contributed by atoms with Crippen LogP contribution in [0.15, 0.2) is 29.2 Å². The van der Waals surface area contributed by atoms with E-state index in [1.807, 2.05) is 6.92 Å². The van der Waals surface area contributed by atoms with Crippen molar-refractivity contribution in [1.82, 2.24) is 9.21 Å². The number of ether oxygens (including phenoxy) is 1. The topological polar surface area (TPSA) is 83.8 Å². The highest BCUT2D eigenvalue weighted by Gasteiger charge is 2.75. The van der Waals surface area contributed by atoms with E-state index in [4.69, 9.17) is 4.74 Å². The Kier molecular flexibility index (Phi) is 3.56. The number of rotatable bonds is 2. The molecule has 140 valence electrons. The molecule has 7 nitrogen and oxygen atoms in total. The van der Waals surface area contributed by atoms with Crippen molar-refractivity contribution in [2.24, 2.45) is 5.92 Å². The maximum absolute atomic E-state index is 12.9. The number of aryl methyl sites for hydroxylation is 1. The number of sulfonamides is 1. The summed E-state index contributed by atoms with van der Waals surface area (Å²) in [6, 6.07) is 5.54. The van der Waals surface area contributed by atoms with Crippen LogP contribution in [0.1, 0.15) is 32.8 Å². The minimum atomic E-state index is -3.67. The number of amides is 2. The number of benzene rings is 1. The molecule has 0 aromatic heterocycles. The monoisotopic (exact) mass is 378 g/mol. The van der Waals surface area contributed by atoms with Crippen molar-refractivity contribution in [3.63, 3.8) is 0 Å². The fourth-order valence-corrected chi connectivity index (χ4v) is 5.98. The third-order valence-electron chi connectivity index (χ3n) is 5.22. The number of hydrogen-bond donors (Lipinski definition) is 0. The Morgan fingerprint density at radius 2 is 1.77 bits per heavy atom. The number of imide groups is 1. The van der Waals surface area contributed by atoms with E-state index in [2.05, 4.69) is 0 Å². The van der Waals surface area contributed by atoms with Crippen molar-refractivity contribution in [2.75, 3.05) is 0 Å². The summed E-state index contributed by atoms with van der Waals surface area (Å²) in [5, 5.41) is 0. The second-order valence-electron chi connectivity index (χ2n) is 8.23. The van der Waals surface area contributed by atoms with Gasteiger partial charge in [0.05, 0.1) is 28.9 Å². The van der Waals surface area contributed by atoms with Gasteiger partial charge in [-0.25, -0.2) is 18.1 Å². The first kappa shape index (κ1) is 17.5. The number of piperidine rings is 2. The quantitative estimate of drug-likeness (QED) is 0.734. The summed E-state index contributed by atoms with van der Waals surface area (Å²) in [4.78, 5) is 26.3. The molecular weight excluding hydrogens is 356 g/mol. The maximum Gasteiger partial charge on any atom is 0.417 e. The number of nitrogens with zero attached hydrogens (tertiary/aromatic N) is 2. The van der Waals surface area contributed by atoms with Crippen molar-refractivity contribution < 1.29 is 22.7 Å². The first-order chi connectivity index (χ1) is 12.0. The third kappa shape index (κ3) is 2.46. The molecule has 1 unspecified atom stereocenters. The van der Waals surface area contributed by atoms with E-state index in [1.54, 1.807) is 45.0 Å². The molecule has 2 aliphatic heterocycles. The molecule has 1 saturated carbocycles. The Hall–Kier alpha value is -1.93. The van der Waals surface area contributed by atoms with Gasteiger partial charge in [-0.05, 0) is 46.2 Å². The number of carbonyl (C=O) groups is 2. The molecule has 2 bridgehead atoms. The van der Waals surface area contributed by atoms with Crippen molar-refractivity contribution in [2.45, 2.75) is 62.7 Å². The lowest BCUT2D eigenvalue weighted by molar-refractivity contribution is -0.132. The first-order valence-electron chi connectivity index (χ1n) is 8.68. The minimum absolute atomic E-state index is 0.216. The smallest absolute Gasteiger partial charge is 0.417 e. The Balaban J connectivity index is 1.58. The molecule has 0 spiro atoms. The molecule has 3 fully saturated rings. The summed E-state index contributed by atoms with van der Waals surface area (Å²) in [5.41, 5.74) is 0.261. The Morgan fingerprint density at radius 3 is 2.35 bits per heavy atom. The summed E-state index contributed by atoms with van der Waals surface area (Å²) in [5.74, 6) is -0.787.